The molecule has 3 rings (SSSR count). The van der Waals surface area contributed by atoms with Crippen LogP contribution in [0.15, 0.2) is 48.5 Å². The number of nitrogens with zero attached hydrogens (tertiary/aromatic N) is 1. The zero-order valence-corrected chi connectivity index (χ0v) is 9.28. The summed E-state index contributed by atoms with van der Waals surface area (Å²) >= 11 is 5.97. The standard InChI is InChI=1S/C14H9ClN/c15-12-6-3-5-10(8-12)14-9-11-4-1-2-7-13(11)16-14/h1-9H. The zero-order valence-electron chi connectivity index (χ0n) is 8.52. The first kappa shape index (κ1) is 9.49. The van der Waals surface area contributed by atoms with Gasteiger partial charge < -0.3 is 0 Å². The van der Waals surface area contributed by atoms with Gasteiger partial charge in [-0.1, -0.05) is 41.9 Å². The Kier molecular flexibility index (Phi) is 2.19. The van der Waals surface area contributed by atoms with Crippen molar-refractivity contribution in [2.75, 3.05) is 0 Å². The van der Waals surface area contributed by atoms with E-state index in [9.17, 15) is 0 Å². The van der Waals surface area contributed by atoms with Crippen LogP contribution in [-0.4, -0.2) is 0 Å². The minimum Gasteiger partial charge on any atom is -0.248 e. The maximum Gasteiger partial charge on any atom is 0.0716 e. The molecule has 0 amide bonds. The predicted molar refractivity (Wildman–Crippen MR) is 67.6 cm³/mol. The van der Waals surface area contributed by atoms with Gasteiger partial charge in [0.1, 0.15) is 0 Å². The van der Waals surface area contributed by atoms with E-state index < -0.39 is 0 Å². The fourth-order valence-corrected chi connectivity index (χ4v) is 2.01. The van der Waals surface area contributed by atoms with Crippen LogP contribution < -0.4 is 5.32 Å². The highest BCUT2D eigenvalue weighted by atomic mass is 35.5. The summed E-state index contributed by atoms with van der Waals surface area (Å²) in [6.07, 6.45) is 2.08. The predicted octanol–water partition coefficient (Wildman–Crippen LogP) is 4.09. The molecule has 2 aromatic carbocycles. The number of fused-ring (bicyclic) bond motifs is 1. The second-order valence-corrected chi connectivity index (χ2v) is 4.15. The molecule has 77 valence electrons. The summed E-state index contributed by atoms with van der Waals surface area (Å²) in [6, 6.07) is 15.9. The lowest BCUT2D eigenvalue weighted by molar-refractivity contribution is 1.23. The molecule has 2 heteroatoms. The van der Waals surface area contributed by atoms with Gasteiger partial charge in [-0.2, -0.15) is 0 Å². The van der Waals surface area contributed by atoms with Gasteiger partial charge >= 0.3 is 0 Å². The van der Waals surface area contributed by atoms with Gasteiger partial charge in [0.2, 0.25) is 0 Å². The molecular weight excluding hydrogens is 218 g/mol. The third kappa shape index (κ3) is 1.59. The molecule has 0 spiro atoms. The summed E-state index contributed by atoms with van der Waals surface area (Å²) in [4.78, 5) is 0. The molecular formula is C14H9ClN. The maximum absolute atomic E-state index is 5.97. The zero-order chi connectivity index (χ0) is 11.0. The molecule has 1 heterocycles. The van der Waals surface area contributed by atoms with Gasteiger partial charge in [0.05, 0.1) is 11.4 Å². The van der Waals surface area contributed by atoms with Crippen molar-refractivity contribution in [3.8, 4) is 0 Å². The van der Waals surface area contributed by atoms with Crippen molar-refractivity contribution < 1.29 is 0 Å². The highest BCUT2D eigenvalue weighted by molar-refractivity contribution is 6.30. The lowest BCUT2D eigenvalue weighted by Crippen LogP contribution is -1.91. The lowest BCUT2D eigenvalue weighted by atomic mass is 10.1. The first-order chi connectivity index (χ1) is 7.83. The second-order valence-electron chi connectivity index (χ2n) is 3.71. The van der Waals surface area contributed by atoms with Crippen LogP contribution in [0, 0.1) is 0 Å². The number of halogens is 1. The summed E-state index contributed by atoms with van der Waals surface area (Å²) in [5.74, 6) is 0. The van der Waals surface area contributed by atoms with E-state index in [-0.39, 0.29) is 0 Å². The molecule has 1 nitrogen and oxygen atoms in total. The van der Waals surface area contributed by atoms with Crippen molar-refractivity contribution in [3.05, 3.63) is 64.7 Å². The van der Waals surface area contributed by atoms with Crippen LogP contribution in [0.3, 0.4) is 0 Å². The lowest BCUT2D eigenvalue weighted by Gasteiger charge is -2.02. The number of hydrogen-bond donors (Lipinski definition) is 0. The third-order valence-electron chi connectivity index (χ3n) is 2.59. The maximum atomic E-state index is 5.97. The molecule has 0 unspecified atom stereocenters. The Morgan fingerprint density at radius 1 is 0.938 bits per heavy atom. The van der Waals surface area contributed by atoms with Crippen molar-refractivity contribution in [1.82, 2.24) is 5.32 Å². The molecule has 0 atom stereocenters. The van der Waals surface area contributed by atoms with Crippen molar-refractivity contribution in [2.45, 2.75) is 0 Å². The minimum absolute atomic E-state index is 0.740. The van der Waals surface area contributed by atoms with Gasteiger partial charge in [-0.15, -0.1) is 0 Å². The van der Waals surface area contributed by atoms with Gasteiger partial charge in [0.25, 0.3) is 0 Å². The first-order valence-electron chi connectivity index (χ1n) is 5.11. The Labute approximate surface area is 99.4 Å². The molecule has 1 aliphatic heterocycles. The van der Waals surface area contributed by atoms with E-state index in [0.717, 1.165) is 27.5 Å². The number of hydrogen-bond acceptors (Lipinski definition) is 0. The monoisotopic (exact) mass is 226 g/mol. The molecule has 0 aromatic heterocycles. The van der Waals surface area contributed by atoms with E-state index in [1.54, 1.807) is 0 Å². The normalized spacial score (nSPS) is 12.9. The Hall–Kier alpha value is -1.73. The smallest absolute Gasteiger partial charge is 0.0716 e. The van der Waals surface area contributed by atoms with Crippen molar-refractivity contribution in [3.63, 3.8) is 0 Å². The second kappa shape index (κ2) is 3.69. The average Bonchev–Trinajstić information content (AvgIpc) is 2.72. The Balaban J connectivity index is 2.02. The summed E-state index contributed by atoms with van der Waals surface area (Å²) in [5.41, 5.74) is 4.22. The number of rotatable bonds is 1. The highest BCUT2D eigenvalue weighted by Crippen LogP contribution is 2.32. The van der Waals surface area contributed by atoms with Gasteiger partial charge in [-0.05, 0) is 24.3 Å². The SMILES string of the molecule is Clc1cccc(C2=Cc3ccccc3[N]2)c1. The van der Waals surface area contributed by atoms with Gasteiger partial charge in [-0.25, -0.2) is 5.32 Å². The Morgan fingerprint density at radius 2 is 1.81 bits per heavy atom. The van der Waals surface area contributed by atoms with E-state index in [4.69, 9.17) is 11.6 Å². The molecule has 0 saturated heterocycles. The van der Waals surface area contributed by atoms with E-state index in [0.29, 0.717) is 0 Å². The van der Waals surface area contributed by atoms with Crippen LogP contribution in [0.5, 0.6) is 0 Å². The number of benzene rings is 2. The van der Waals surface area contributed by atoms with E-state index >= 15 is 0 Å². The fraction of sp³-hybridized carbons (Fsp3) is 0. The van der Waals surface area contributed by atoms with E-state index in [1.807, 2.05) is 42.5 Å². The fourth-order valence-electron chi connectivity index (χ4n) is 1.82. The summed E-state index contributed by atoms with van der Waals surface area (Å²) in [5, 5.41) is 5.31. The van der Waals surface area contributed by atoms with Crippen LogP contribution >= 0.6 is 11.6 Å². The van der Waals surface area contributed by atoms with Gasteiger partial charge in [0.15, 0.2) is 0 Å². The van der Waals surface area contributed by atoms with Crippen LogP contribution in [-0.2, 0) is 0 Å². The third-order valence-corrected chi connectivity index (χ3v) is 2.83. The minimum atomic E-state index is 0.740. The molecule has 16 heavy (non-hydrogen) atoms. The Morgan fingerprint density at radius 3 is 2.62 bits per heavy atom. The van der Waals surface area contributed by atoms with Crippen LogP contribution in [0.1, 0.15) is 11.1 Å². The van der Waals surface area contributed by atoms with Gasteiger partial charge in [0, 0.05) is 16.1 Å². The van der Waals surface area contributed by atoms with Crippen molar-refractivity contribution in [2.24, 2.45) is 0 Å². The summed E-state index contributed by atoms with van der Waals surface area (Å²) in [6.45, 7) is 0. The van der Waals surface area contributed by atoms with Crippen molar-refractivity contribution in [1.29, 1.82) is 0 Å². The summed E-state index contributed by atoms with van der Waals surface area (Å²) < 4.78 is 0. The first-order valence-corrected chi connectivity index (χ1v) is 5.49. The molecule has 0 N–H and O–H groups in total. The molecule has 2 aromatic rings. The van der Waals surface area contributed by atoms with E-state index in [1.165, 1.54) is 0 Å². The molecule has 0 fully saturated rings. The topological polar surface area (TPSA) is 14.1 Å². The van der Waals surface area contributed by atoms with Crippen LogP contribution in [0.4, 0.5) is 5.69 Å². The molecule has 1 aliphatic rings. The molecule has 0 aliphatic carbocycles. The largest absolute Gasteiger partial charge is 0.248 e. The molecule has 1 radical (unpaired) electrons. The quantitative estimate of drug-likeness (QED) is 0.696. The molecule has 0 saturated carbocycles. The van der Waals surface area contributed by atoms with Gasteiger partial charge in [-0.3, -0.25) is 0 Å². The van der Waals surface area contributed by atoms with Crippen molar-refractivity contribution >= 4 is 29.1 Å². The van der Waals surface area contributed by atoms with Crippen LogP contribution in [0.25, 0.3) is 11.8 Å². The summed E-state index contributed by atoms with van der Waals surface area (Å²) in [7, 11) is 0. The Bertz CT molecular complexity index is 572. The average molecular weight is 227 g/mol. The number of para-hydroxylation sites is 1. The molecule has 0 bridgehead atoms. The van der Waals surface area contributed by atoms with E-state index in [2.05, 4.69) is 17.5 Å². The highest BCUT2D eigenvalue weighted by Gasteiger charge is 2.14. The van der Waals surface area contributed by atoms with Crippen LogP contribution in [0.2, 0.25) is 5.02 Å².